The fraction of sp³-hybridized carbons (Fsp3) is 0.364. The first-order valence-corrected chi connectivity index (χ1v) is 11.2. The van der Waals surface area contributed by atoms with E-state index in [2.05, 4.69) is 25.7 Å². The van der Waals surface area contributed by atoms with Crippen LogP contribution in [0.4, 0.5) is 21.7 Å². The molecule has 0 radical (unpaired) electrons. The van der Waals surface area contributed by atoms with Gasteiger partial charge in [0.25, 0.3) is 5.91 Å². The van der Waals surface area contributed by atoms with Gasteiger partial charge in [0.05, 0.1) is 35.6 Å². The fourth-order valence-electron chi connectivity index (χ4n) is 4.07. The molecule has 9 nitrogen and oxygen atoms in total. The summed E-state index contributed by atoms with van der Waals surface area (Å²) < 4.78 is 21.8. The number of nitrogens with zero attached hydrogens (tertiary/aromatic N) is 5. The largest absolute Gasteiger partial charge is 0.370 e. The fourth-order valence-corrected chi connectivity index (χ4v) is 4.27. The Balaban J connectivity index is 1.35. The Morgan fingerprint density at radius 1 is 1.18 bits per heavy atom. The van der Waals surface area contributed by atoms with E-state index in [0.29, 0.717) is 13.2 Å². The lowest BCUT2D eigenvalue weighted by Crippen LogP contribution is -2.41. The molecule has 11 heteroatoms. The van der Waals surface area contributed by atoms with Gasteiger partial charge in [-0.05, 0) is 50.2 Å². The summed E-state index contributed by atoms with van der Waals surface area (Å²) in [6.45, 7) is 2.79. The number of carbonyl (C=O) groups is 1. The lowest BCUT2D eigenvalue weighted by molar-refractivity contribution is -0.125. The maximum Gasteiger partial charge on any atom is 0.253 e. The Morgan fingerprint density at radius 3 is 2.73 bits per heavy atom. The second-order valence-corrected chi connectivity index (χ2v) is 8.34. The molecule has 0 unspecified atom stereocenters. The Morgan fingerprint density at radius 2 is 1.97 bits per heavy atom. The number of piperidine rings is 1. The molecular formula is C22H23ClFN7O2. The molecule has 1 aromatic carbocycles. The van der Waals surface area contributed by atoms with Crippen molar-refractivity contribution in [1.82, 2.24) is 25.1 Å². The minimum Gasteiger partial charge on any atom is -0.370 e. The van der Waals surface area contributed by atoms with Gasteiger partial charge in [-0.25, -0.2) is 14.6 Å². The zero-order valence-electron chi connectivity index (χ0n) is 17.8. The average Bonchev–Trinajstić information content (AvgIpc) is 3.23. The first kappa shape index (κ1) is 21.7. The van der Waals surface area contributed by atoms with Gasteiger partial charge < -0.3 is 20.3 Å². The Kier molecular flexibility index (Phi) is 6.21. The van der Waals surface area contributed by atoms with Crippen molar-refractivity contribution in [3.05, 3.63) is 47.6 Å². The molecule has 2 aliphatic rings. The maximum atomic E-state index is 15.2. The van der Waals surface area contributed by atoms with Crippen LogP contribution < -0.4 is 15.5 Å². The minimum absolute atomic E-state index is 0.00932. The predicted octanol–water partition coefficient (Wildman–Crippen LogP) is 3.16. The number of morpholine rings is 1. The van der Waals surface area contributed by atoms with Gasteiger partial charge in [-0.2, -0.15) is 9.49 Å². The zero-order chi connectivity index (χ0) is 22.8. The van der Waals surface area contributed by atoms with Crippen molar-refractivity contribution >= 4 is 34.8 Å². The zero-order valence-corrected chi connectivity index (χ0v) is 18.6. The normalized spacial score (nSPS) is 17.4. The van der Waals surface area contributed by atoms with Gasteiger partial charge in [0.2, 0.25) is 11.9 Å². The molecule has 0 spiro atoms. The Hall–Kier alpha value is -3.08. The number of benzene rings is 1. The summed E-state index contributed by atoms with van der Waals surface area (Å²) >= 11 is 6.31. The lowest BCUT2D eigenvalue weighted by atomic mass is 10.1. The second kappa shape index (κ2) is 9.42. The van der Waals surface area contributed by atoms with Crippen LogP contribution in [-0.4, -0.2) is 58.5 Å². The number of rotatable bonds is 5. The molecule has 5 rings (SSSR count). The third-order valence-electron chi connectivity index (χ3n) is 5.81. The first-order valence-electron chi connectivity index (χ1n) is 10.8. The van der Waals surface area contributed by atoms with E-state index in [1.165, 1.54) is 17.1 Å². The van der Waals surface area contributed by atoms with Gasteiger partial charge in [-0.15, -0.1) is 0 Å². The van der Waals surface area contributed by atoms with Crippen molar-refractivity contribution in [1.29, 1.82) is 0 Å². The van der Waals surface area contributed by atoms with Crippen molar-refractivity contribution in [2.45, 2.75) is 18.9 Å². The third-order valence-corrected chi connectivity index (χ3v) is 6.09. The molecule has 2 saturated heterocycles. The molecule has 0 aliphatic carbocycles. The highest BCUT2D eigenvalue weighted by atomic mass is 35.5. The highest BCUT2D eigenvalue weighted by molar-refractivity contribution is 6.32. The van der Waals surface area contributed by atoms with Crippen molar-refractivity contribution in [2.24, 2.45) is 0 Å². The van der Waals surface area contributed by atoms with Gasteiger partial charge in [0, 0.05) is 17.9 Å². The van der Waals surface area contributed by atoms with Crippen LogP contribution >= 0.6 is 11.6 Å². The van der Waals surface area contributed by atoms with Gasteiger partial charge in [0.15, 0.2) is 0 Å². The monoisotopic (exact) mass is 471 g/mol. The van der Waals surface area contributed by atoms with Crippen LogP contribution in [0.5, 0.6) is 0 Å². The van der Waals surface area contributed by atoms with E-state index in [9.17, 15) is 4.79 Å². The number of hydrogen-bond acceptors (Lipinski definition) is 7. The molecule has 172 valence electrons. The van der Waals surface area contributed by atoms with Crippen LogP contribution in [0.15, 0.2) is 36.7 Å². The van der Waals surface area contributed by atoms with Crippen LogP contribution in [0.3, 0.4) is 0 Å². The van der Waals surface area contributed by atoms with Crippen LogP contribution in [-0.2, 0) is 9.53 Å². The number of ether oxygens (including phenoxy) is 1. The number of nitrogens with one attached hydrogen (secondary N) is 2. The van der Waals surface area contributed by atoms with Gasteiger partial charge >= 0.3 is 0 Å². The molecule has 0 atom stereocenters. The second-order valence-electron chi connectivity index (χ2n) is 7.93. The van der Waals surface area contributed by atoms with Crippen molar-refractivity contribution in [2.75, 3.05) is 43.1 Å². The Bertz CT molecular complexity index is 1150. The van der Waals surface area contributed by atoms with Gasteiger partial charge in [-0.3, -0.25) is 4.79 Å². The van der Waals surface area contributed by atoms with Gasteiger partial charge in [-0.1, -0.05) is 11.6 Å². The number of amides is 1. The number of carbonyl (C=O) groups excluding carboxylic acids is 1. The van der Waals surface area contributed by atoms with Crippen molar-refractivity contribution in [3.63, 3.8) is 0 Å². The van der Waals surface area contributed by atoms with E-state index in [1.807, 2.05) is 24.3 Å². The minimum atomic E-state index is -0.451. The molecule has 2 N–H and O–H groups in total. The molecule has 3 aromatic rings. The summed E-state index contributed by atoms with van der Waals surface area (Å²) in [6, 6.07) is 7.34. The van der Waals surface area contributed by atoms with Gasteiger partial charge in [0.1, 0.15) is 12.3 Å². The lowest BCUT2D eigenvalue weighted by Gasteiger charge is -2.26. The molecule has 2 aliphatic heterocycles. The van der Waals surface area contributed by atoms with Crippen LogP contribution in [0.2, 0.25) is 5.02 Å². The molecule has 2 aromatic heterocycles. The summed E-state index contributed by atoms with van der Waals surface area (Å²) in [7, 11) is 0. The summed E-state index contributed by atoms with van der Waals surface area (Å²) in [4.78, 5) is 22.4. The van der Waals surface area contributed by atoms with E-state index in [1.54, 1.807) is 4.90 Å². The van der Waals surface area contributed by atoms with E-state index in [0.717, 1.165) is 37.3 Å². The Labute approximate surface area is 194 Å². The number of aromatic nitrogens is 4. The molecule has 4 heterocycles. The molecule has 2 fully saturated rings. The summed E-state index contributed by atoms with van der Waals surface area (Å²) in [5.41, 5.74) is 2.03. The van der Waals surface area contributed by atoms with E-state index < -0.39 is 5.95 Å². The van der Waals surface area contributed by atoms with E-state index >= 15 is 4.39 Å². The molecule has 0 saturated carbocycles. The molecule has 33 heavy (non-hydrogen) atoms. The standard InChI is InChI=1S/C22H23ClFN7O2/c23-18-12-26-22(28-14-1-3-15(4-2-14)30-9-10-33-13-19(30)32)29-20(18)17-11-27-31(21(17)24)16-5-7-25-8-6-16/h1-4,11-12,16,25H,5-10,13H2,(H,26,28,29). The highest BCUT2D eigenvalue weighted by Gasteiger charge is 2.24. The SMILES string of the molecule is O=C1COCCN1c1ccc(Nc2ncc(Cl)c(-c3cnn(C4CCNCC4)c3F)n2)cc1. The maximum absolute atomic E-state index is 15.2. The van der Waals surface area contributed by atoms with Crippen LogP contribution in [0.1, 0.15) is 18.9 Å². The van der Waals surface area contributed by atoms with Crippen LogP contribution in [0, 0.1) is 5.95 Å². The molecule has 1 amide bonds. The summed E-state index contributed by atoms with van der Waals surface area (Å²) in [5.74, 6) is -0.244. The highest BCUT2D eigenvalue weighted by Crippen LogP contribution is 2.31. The summed E-state index contributed by atoms with van der Waals surface area (Å²) in [5, 5.41) is 10.9. The molecule has 0 bridgehead atoms. The van der Waals surface area contributed by atoms with E-state index in [4.69, 9.17) is 16.3 Å². The van der Waals surface area contributed by atoms with E-state index in [-0.39, 0.29) is 40.8 Å². The average molecular weight is 472 g/mol. The smallest absolute Gasteiger partial charge is 0.253 e. The number of hydrogen-bond donors (Lipinski definition) is 2. The number of anilines is 3. The predicted molar refractivity (Wildman–Crippen MR) is 122 cm³/mol. The summed E-state index contributed by atoms with van der Waals surface area (Å²) in [6.07, 6.45) is 4.53. The first-order chi connectivity index (χ1) is 16.1. The van der Waals surface area contributed by atoms with Crippen molar-refractivity contribution < 1.29 is 13.9 Å². The molecular weight excluding hydrogens is 449 g/mol. The quantitative estimate of drug-likeness (QED) is 0.590. The number of halogens is 2. The third kappa shape index (κ3) is 4.54. The van der Waals surface area contributed by atoms with Crippen LogP contribution in [0.25, 0.3) is 11.3 Å². The topological polar surface area (TPSA) is 97.2 Å². The van der Waals surface area contributed by atoms with Crippen molar-refractivity contribution in [3.8, 4) is 11.3 Å².